The van der Waals surface area contributed by atoms with Crippen LogP contribution in [0.15, 0.2) is 72.1 Å². The molecule has 6 rings (SSSR count). The Hall–Kier alpha value is -2.93. The minimum Gasteiger partial charge on any atom is -0.468 e. The first-order valence-electron chi connectivity index (χ1n) is 12.0. The predicted octanol–water partition coefficient (Wildman–Crippen LogP) is 5.36. The van der Waals surface area contributed by atoms with Gasteiger partial charge in [0.05, 0.1) is 13.2 Å². The Labute approximate surface area is 203 Å². The number of aromatic nitrogens is 1. The van der Waals surface area contributed by atoms with E-state index in [9.17, 15) is 4.79 Å². The Balaban J connectivity index is 1.44. The lowest BCUT2D eigenvalue weighted by Crippen LogP contribution is -2.55. The molecule has 4 atom stereocenters. The Morgan fingerprint density at radius 2 is 1.85 bits per heavy atom. The topological polar surface area (TPSA) is 57.4 Å². The summed E-state index contributed by atoms with van der Waals surface area (Å²) in [7, 11) is 1.51. The van der Waals surface area contributed by atoms with Crippen molar-refractivity contribution in [2.45, 2.75) is 50.0 Å². The van der Waals surface area contributed by atoms with Gasteiger partial charge in [-0.25, -0.2) is 0 Å². The first-order valence-corrected chi connectivity index (χ1v) is 12.9. The smallest absolute Gasteiger partial charge is 0.323 e. The molecular weight excluding hydrogens is 442 g/mol. The van der Waals surface area contributed by atoms with Crippen LogP contribution in [0, 0.1) is 0 Å². The van der Waals surface area contributed by atoms with Crippen LogP contribution in [0.2, 0.25) is 0 Å². The van der Waals surface area contributed by atoms with Gasteiger partial charge in [0, 0.05) is 46.5 Å². The molecule has 174 valence electrons. The van der Waals surface area contributed by atoms with Crippen molar-refractivity contribution in [2.24, 2.45) is 0 Å². The number of rotatable bonds is 5. The van der Waals surface area contributed by atoms with Gasteiger partial charge >= 0.3 is 5.97 Å². The number of aromatic amines is 1. The summed E-state index contributed by atoms with van der Waals surface area (Å²) >= 11 is 1.79. The van der Waals surface area contributed by atoms with E-state index in [-0.39, 0.29) is 24.1 Å². The number of nitrogens with one attached hydrogen (secondary N) is 2. The van der Waals surface area contributed by atoms with Gasteiger partial charge in [0.1, 0.15) is 6.04 Å². The van der Waals surface area contributed by atoms with E-state index < -0.39 is 0 Å². The third-order valence-electron chi connectivity index (χ3n) is 7.48. The van der Waals surface area contributed by atoms with Gasteiger partial charge in [0.15, 0.2) is 0 Å². The second kappa shape index (κ2) is 9.02. The number of thiophene rings is 1. The first kappa shape index (κ1) is 21.6. The predicted molar refractivity (Wildman–Crippen MR) is 136 cm³/mol. The number of benzene rings is 2. The summed E-state index contributed by atoms with van der Waals surface area (Å²) in [6.07, 6.45) is 2.57. The Morgan fingerprint density at radius 1 is 1.06 bits per heavy atom. The van der Waals surface area contributed by atoms with Gasteiger partial charge in [-0.1, -0.05) is 54.6 Å². The average molecular weight is 472 g/mol. The molecule has 1 saturated heterocycles. The van der Waals surface area contributed by atoms with Crippen molar-refractivity contribution < 1.29 is 9.53 Å². The molecule has 2 aromatic carbocycles. The lowest BCUT2D eigenvalue weighted by atomic mass is 9.79. The zero-order valence-electron chi connectivity index (χ0n) is 19.2. The van der Waals surface area contributed by atoms with E-state index in [1.807, 2.05) is 0 Å². The maximum atomic E-state index is 13.1. The molecular formula is C28H29N3O2S. The zero-order valence-corrected chi connectivity index (χ0v) is 20.1. The third kappa shape index (κ3) is 3.76. The Morgan fingerprint density at radius 3 is 2.65 bits per heavy atom. The van der Waals surface area contributed by atoms with Crippen molar-refractivity contribution in [2.75, 3.05) is 7.11 Å². The van der Waals surface area contributed by atoms with Crippen LogP contribution in [0.1, 0.15) is 46.6 Å². The molecule has 2 aromatic heterocycles. The normalized spacial score (nSPS) is 24.5. The van der Waals surface area contributed by atoms with Crippen molar-refractivity contribution in [1.29, 1.82) is 0 Å². The molecule has 0 saturated carbocycles. The number of hydrogen-bond acceptors (Lipinski definition) is 5. The highest BCUT2D eigenvalue weighted by Gasteiger charge is 2.48. The molecule has 2 aliphatic rings. The van der Waals surface area contributed by atoms with Crippen molar-refractivity contribution in [3.8, 4) is 0 Å². The van der Waals surface area contributed by atoms with Gasteiger partial charge in [-0.05, 0) is 41.5 Å². The molecule has 1 fully saturated rings. The lowest BCUT2D eigenvalue weighted by molar-refractivity contribution is -0.152. The van der Waals surface area contributed by atoms with Crippen LogP contribution in [0.25, 0.3) is 10.9 Å². The fourth-order valence-electron chi connectivity index (χ4n) is 5.97. The molecule has 4 heterocycles. The van der Waals surface area contributed by atoms with Crippen molar-refractivity contribution >= 4 is 28.2 Å². The summed E-state index contributed by atoms with van der Waals surface area (Å²) in [5, 5.41) is 7.18. The third-order valence-corrected chi connectivity index (χ3v) is 8.35. The molecule has 0 bridgehead atoms. The minimum atomic E-state index is -0.301. The summed E-state index contributed by atoms with van der Waals surface area (Å²) in [4.78, 5) is 20.7. The van der Waals surface area contributed by atoms with Gasteiger partial charge in [-0.3, -0.25) is 9.69 Å². The van der Waals surface area contributed by atoms with Crippen LogP contribution in [-0.4, -0.2) is 35.0 Å². The number of carbonyl (C=O) groups excluding carboxylic acids is 1. The van der Waals surface area contributed by atoms with Crippen LogP contribution in [0.5, 0.6) is 0 Å². The largest absolute Gasteiger partial charge is 0.468 e. The second-order valence-electron chi connectivity index (χ2n) is 9.32. The van der Waals surface area contributed by atoms with Crippen LogP contribution in [0.4, 0.5) is 0 Å². The quantitative estimate of drug-likeness (QED) is 0.385. The summed E-state index contributed by atoms with van der Waals surface area (Å²) < 4.78 is 5.34. The Kier molecular flexibility index (Phi) is 5.73. The zero-order chi connectivity index (χ0) is 23.1. The first-order chi connectivity index (χ1) is 16.7. The van der Waals surface area contributed by atoms with Crippen LogP contribution in [0.3, 0.4) is 0 Å². The number of hydrogen-bond donors (Lipinski definition) is 2. The Bertz CT molecular complexity index is 1280. The number of esters is 1. The van der Waals surface area contributed by atoms with Crippen molar-refractivity contribution in [3.05, 3.63) is 93.8 Å². The standard InChI is InChI=1S/C28H29N3O2S/c1-33-28(32)26-16-22-21-11-5-6-12-23(21)30-27(22)25-15-19(29-17-20-10-7-13-34-20)14-24(31(25)26)18-8-3-2-4-9-18/h2-13,19,24-26,29-30H,14-17H2,1H3/t19-,24+,25-,26+/m1/s1. The van der Waals surface area contributed by atoms with Crippen molar-refractivity contribution in [1.82, 2.24) is 15.2 Å². The van der Waals surface area contributed by atoms with Crippen LogP contribution < -0.4 is 5.32 Å². The lowest BCUT2D eigenvalue weighted by Gasteiger charge is -2.50. The number of carbonyl (C=O) groups is 1. The van der Waals surface area contributed by atoms with Crippen LogP contribution >= 0.6 is 11.3 Å². The van der Waals surface area contributed by atoms with Gasteiger partial charge in [-0.15, -0.1) is 11.3 Å². The minimum absolute atomic E-state index is 0.111. The molecule has 0 radical (unpaired) electrons. The molecule has 2 aliphatic heterocycles. The van der Waals surface area contributed by atoms with E-state index in [1.54, 1.807) is 11.3 Å². The number of para-hydroxylation sites is 1. The number of methoxy groups -OCH3 is 1. The second-order valence-corrected chi connectivity index (χ2v) is 10.4. The molecule has 0 unspecified atom stereocenters. The number of piperidine rings is 1. The average Bonchev–Trinajstić information content (AvgIpc) is 3.54. The van der Waals surface area contributed by atoms with Gasteiger partial charge < -0.3 is 15.0 Å². The molecule has 5 nitrogen and oxygen atoms in total. The molecule has 6 heteroatoms. The summed E-state index contributed by atoms with van der Waals surface area (Å²) in [5.41, 5.74) is 4.91. The maximum absolute atomic E-state index is 13.1. The number of fused-ring (bicyclic) bond motifs is 5. The highest BCUT2D eigenvalue weighted by atomic mass is 32.1. The number of ether oxygens (including phenoxy) is 1. The van der Waals surface area contributed by atoms with E-state index in [0.29, 0.717) is 12.5 Å². The van der Waals surface area contributed by atoms with E-state index in [2.05, 4.69) is 87.3 Å². The maximum Gasteiger partial charge on any atom is 0.323 e. The summed E-state index contributed by atoms with van der Waals surface area (Å²) in [6.45, 7) is 0.872. The molecule has 4 aromatic rings. The SMILES string of the molecule is COC(=O)[C@@H]1Cc2c([nH]c3ccccc23)[C@H]2C[C@H](NCc3cccs3)C[C@@H](c3ccccc3)N21. The summed E-state index contributed by atoms with van der Waals surface area (Å²) in [6, 6.07) is 23.6. The van der Waals surface area contributed by atoms with E-state index in [4.69, 9.17) is 4.74 Å². The highest BCUT2D eigenvalue weighted by Crippen LogP contribution is 2.48. The van der Waals surface area contributed by atoms with Gasteiger partial charge in [0.2, 0.25) is 0 Å². The van der Waals surface area contributed by atoms with E-state index >= 15 is 0 Å². The molecule has 0 spiro atoms. The van der Waals surface area contributed by atoms with E-state index in [1.165, 1.54) is 34.2 Å². The molecule has 34 heavy (non-hydrogen) atoms. The van der Waals surface area contributed by atoms with Gasteiger partial charge in [0.25, 0.3) is 0 Å². The van der Waals surface area contributed by atoms with Crippen molar-refractivity contribution in [3.63, 3.8) is 0 Å². The fourth-order valence-corrected chi connectivity index (χ4v) is 6.63. The fraction of sp³-hybridized carbons (Fsp3) is 0.321. The molecule has 0 amide bonds. The van der Waals surface area contributed by atoms with E-state index in [0.717, 1.165) is 24.9 Å². The highest BCUT2D eigenvalue weighted by molar-refractivity contribution is 7.09. The summed E-state index contributed by atoms with van der Waals surface area (Å²) in [5.74, 6) is -0.146. The molecule has 2 N–H and O–H groups in total. The number of nitrogens with zero attached hydrogens (tertiary/aromatic N) is 1. The monoisotopic (exact) mass is 471 g/mol. The molecule has 0 aliphatic carbocycles. The van der Waals surface area contributed by atoms with Gasteiger partial charge in [-0.2, -0.15) is 0 Å². The van der Waals surface area contributed by atoms with Crippen LogP contribution in [-0.2, 0) is 22.5 Å². The number of H-pyrrole nitrogens is 1.